The Morgan fingerprint density at radius 1 is 1.07 bits per heavy atom. The molecule has 0 radical (unpaired) electrons. The first-order valence-corrected chi connectivity index (χ1v) is 14.1. The second-order valence-corrected chi connectivity index (χ2v) is 11.8. The third kappa shape index (κ3) is 4.22. The van der Waals surface area contributed by atoms with Crippen LogP contribution in [-0.4, -0.2) is 50.6 Å². The quantitative estimate of drug-likeness (QED) is 0.247. The number of para-hydroxylation sites is 1. The van der Waals surface area contributed by atoms with Crippen LogP contribution in [0.15, 0.2) is 65.7 Å². The lowest BCUT2D eigenvalue weighted by molar-refractivity contribution is 0.104. The Bertz CT molecular complexity index is 1800. The van der Waals surface area contributed by atoms with E-state index in [2.05, 4.69) is 27.0 Å². The second kappa shape index (κ2) is 9.64. The van der Waals surface area contributed by atoms with Crippen LogP contribution in [0.5, 0.6) is 11.5 Å². The number of ketones is 1. The molecule has 2 N–H and O–H groups in total. The van der Waals surface area contributed by atoms with Gasteiger partial charge in [-0.1, -0.05) is 29.8 Å². The molecule has 0 atom stereocenters. The van der Waals surface area contributed by atoms with E-state index < -0.39 is 0 Å². The van der Waals surface area contributed by atoms with E-state index in [0.717, 1.165) is 38.8 Å². The smallest absolute Gasteiger partial charge is 0.276 e. The summed E-state index contributed by atoms with van der Waals surface area (Å²) in [6, 6.07) is 14.5. The number of nitrogens with one attached hydrogen (secondary N) is 2. The van der Waals surface area contributed by atoms with Crippen molar-refractivity contribution in [1.82, 2.24) is 24.6 Å². The van der Waals surface area contributed by atoms with E-state index >= 15 is 0 Å². The average molecular weight is 556 g/mol. The zero-order chi connectivity index (χ0) is 27.4. The summed E-state index contributed by atoms with van der Waals surface area (Å²) in [5.74, 6) is 0.964. The van der Waals surface area contributed by atoms with Gasteiger partial charge in [0.15, 0.2) is 5.78 Å². The predicted molar refractivity (Wildman–Crippen MR) is 156 cm³/mol. The molecule has 1 saturated carbocycles. The summed E-state index contributed by atoms with van der Waals surface area (Å²) >= 11 is 6.58. The molecule has 9 heteroatoms. The largest absolute Gasteiger partial charge is 0.457 e. The fourth-order valence-corrected chi connectivity index (χ4v) is 6.92. The van der Waals surface area contributed by atoms with Crippen molar-refractivity contribution in [2.45, 2.75) is 38.1 Å². The Balaban J connectivity index is 1.21. The summed E-state index contributed by atoms with van der Waals surface area (Å²) in [4.78, 5) is 37.2. The molecule has 1 saturated heterocycles. The van der Waals surface area contributed by atoms with E-state index in [9.17, 15) is 9.59 Å². The third-order valence-electron chi connectivity index (χ3n) is 8.80. The maximum Gasteiger partial charge on any atom is 0.276 e. The number of benzene rings is 2. The van der Waals surface area contributed by atoms with Gasteiger partial charge in [0.2, 0.25) is 0 Å². The number of H-pyrrole nitrogens is 2. The number of hydrogen-bond acceptors (Lipinski definition) is 5. The zero-order valence-corrected chi connectivity index (χ0v) is 23.0. The van der Waals surface area contributed by atoms with E-state index in [4.69, 9.17) is 16.3 Å². The van der Waals surface area contributed by atoms with Crippen LogP contribution in [0.2, 0.25) is 5.02 Å². The molecule has 2 fully saturated rings. The van der Waals surface area contributed by atoms with Crippen LogP contribution >= 0.6 is 11.6 Å². The van der Waals surface area contributed by atoms with Gasteiger partial charge in [-0.3, -0.25) is 14.7 Å². The Hall–Kier alpha value is -3.88. The highest BCUT2D eigenvalue weighted by Crippen LogP contribution is 2.46. The minimum Gasteiger partial charge on any atom is -0.457 e. The normalized spacial score (nSPS) is 21.5. The number of hydrogen-bond donors (Lipinski definition) is 2. The number of likely N-dealkylation sites (tertiary alicyclic amines) is 1. The van der Waals surface area contributed by atoms with Crippen LogP contribution in [-0.2, 0) is 0 Å². The van der Waals surface area contributed by atoms with Gasteiger partial charge in [0, 0.05) is 30.6 Å². The Morgan fingerprint density at radius 3 is 2.60 bits per heavy atom. The Kier molecular flexibility index (Phi) is 6.05. The van der Waals surface area contributed by atoms with Crippen molar-refractivity contribution in [3.05, 3.63) is 87.4 Å². The Labute approximate surface area is 235 Å². The number of fused-ring (bicyclic) bond motifs is 3. The topological polar surface area (TPSA) is 96.0 Å². The molecule has 2 aliphatic rings. The van der Waals surface area contributed by atoms with Crippen LogP contribution in [0, 0.1) is 5.41 Å². The highest BCUT2D eigenvalue weighted by Gasteiger charge is 2.40. The fraction of sp³-hybridized carbons (Fsp3) is 0.323. The van der Waals surface area contributed by atoms with Gasteiger partial charge in [0.1, 0.15) is 17.1 Å². The van der Waals surface area contributed by atoms with Crippen LogP contribution in [0.1, 0.15) is 54.1 Å². The van der Waals surface area contributed by atoms with Crippen molar-refractivity contribution >= 4 is 39.3 Å². The minimum atomic E-state index is -0.254. The van der Waals surface area contributed by atoms with Gasteiger partial charge in [0.25, 0.3) is 5.56 Å². The highest BCUT2D eigenvalue weighted by atomic mass is 35.5. The van der Waals surface area contributed by atoms with Crippen LogP contribution in [0.25, 0.3) is 21.9 Å². The van der Waals surface area contributed by atoms with Gasteiger partial charge < -0.3 is 14.6 Å². The minimum absolute atomic E-state index is 0.0889. The SMILES string of the molecule is CN1CC[C@]2(CC[C@@H](n3[nH]c4c(cnc5[nH]cc(C(=O)c6ccc(Oc7ccccc7)cc6Cl)c54)c3=O)CC2)C1. The maximum absolute atomic E-state index is 13.7. The summed E-state index contributed by atoms with van der Waals surface area (Å²) < 4.78 is 7.63. The summed E-state index contributed by atoms with van der Waals surface area (Å²) in [7, 11) is 2.19. The number of rotatable bonds is 5. The molecule has 1 spiro atoms. The number of ether oxygens (including phenoxy) is 1. The van der Waals surface area contributed by atoms with Gasteiger partial charge in [-0.2, -0.15) is 0 Å². The summed E-state index contributed by atoms with van der Waals surface area (Å²) in [6.45, 7) is 2.29. The molecule has 40 heavy (non-hydrogen) atoms. The van der Waals surface area contributed by atoms with E-state index in [1.807, 2.05) is 30.3 Å². The number of pyridine rings is 1. The van der Waals surface area contributed by atoms with E-state index in [0.29, 0.717) is 50.0 Å². The molecular weight excluding hydrogens is 526 g/mol. The van der Waals surface area contributed by atoms with Crippen molar-refractivity contribution in [2.75, 3.05) is 20.1 Å². The second-order valence-electron chi connectivity index (χ2n) is 11.4. The first-order valence-electron chi connectivity index (χ1n) is 13.8. The number of carbonyl (C=O) groups is 1. The highest BCUT2D eigenvalue weighted by molar-refractivity contribution is 6.36. The zero-order valence-electron chi connectivity index (χ0n) is 22.2. The molecule has 0 unspecified atom stereocenters. The molecule has 1 aliphatic heterocycles. The molecule has 204 valence electrons. The Morgan fingerprint density at radius 2 is 1.88 bits per heavy atom. The maximum atomic E-state index is 13.7. The van der Waals surface area contributed by atoms with Crippen molar-refractivity contribution in [2.24, 2.45) is 5.41 Å². The number of carbonyl (C=O) groups excluding carboxylic acids is 1. The lowest BCUT2D eigenvalue weighted by atomic mass is 9.72. The molecule has 5 aromatic rings. The van der Waals surface area contributed by atoms with Gasteiger partial charge in [0.05, 0.1) is 32.9 Å². The van der Waals surface area contributed by atoms with Crippen molar-refractivity contribution in [3.8, 4) is 11.5 Å². The van der Waals surface area contributed by atoms with Gasteiger partial charge in [-0.05, 0) is 75.4 Å². The summed E-state index contributed by atoms with van der Waals surface area (Å²) in [5, 5.41) is 4.75. The van der Waals surface area contributed by atoms with Crippen molar-refractivity contribution < 1.29 is 9.53 Å². The van der Waals surface area contributed by atoms with Crippen LogP contribution in [0.3, 0.4) is 0 Å². The van der Waals surface area contributed by atoms with Crippen molar-refractivity contribution in [3.63, 3.8) is 0 Å². The van der Waals surface area contributed by atoms with E-state index in [1.165, 1.54) is 6.42 Å². The molecule has 7 rings (SSSR count). The summed E-state index contributed by atoms with van der Waals surface area (Å²) in [5.41, 5.74) is 2.23. The molecule has 3 aromatic heterocycles. The van der Waals surface area contributed by atoms with Crippen LogP contribution < -0.4 is 10.3 Å². The van der Waals surface area contributed by atoms with Crippen molar-refractivity contribution in [1.29, 1.82) is 0 Å². The molecular formula is C31H30ClN5O3. The molecule has 1 aliphatic carbocycles. The lowest BCUT2D eigenvalue weighted by Gasteiger charge is -2.37. The fourth-order valence-electron chi connectivity index (χ4n) is 6.66. The lowest BCUT2D eigenvalue weighted by Crippen LogP contribution is -2.33. The average Bonchev–Trinajstić information content (AvgIpc) is 3.65. The number of aromatic nitrogens is 4. The van der Waals surface area contributed by atoms with Gasteiger partial charge in [-0.15, -0.1) is 0 Å². The van der Waals surface area contributed by atoms with Crippen LogP contribution in [0.4, 0.5) is 0 Å². The first kappa shape index (κ1) is 25.1. The number of nitrogens with zero attached hydrogens (tertiary/aromatic N) is 3. The van der Waals surface area contributed by atoms with Gasteiger partial charge >= 0.3 is 0 Å². The third-order valence-corrected chi connectivity index (χ3v) is 9.11. The monoisotopic (exact) mass is 555 g/mol. The van der Waals surface area contributed by atoms with E-state index in [1.54, 1.807) is 35.3 Å². The predicted octanol–water partition coefficient (Wildman–Crippen LogP) is 6.32. The first-order chi connectivity index (χ1) is 19.4. The molecule has 2 aromatic carbocycles. The van der Waals surface area contributed by atoms with E-state index in [-0.39, 0.29) is 22.4 Å². The van der Waals surface area contributed by atoms with Gasteiger partial charge in [-0.25, -0.2) is 9.67 Å². The molecule has 0 amide bonds. The molecule has 0 bridgehead atoms. The number of halogens is 1. The molecule has 4 heterocycles. The standard InChI is InChI=1S/C31H30ClN5O3/c1-36-14-13-31(18-36)11-9-19(10-12-31)37-30(39)24-17-34-29-26(27(24)35-37)23(16-33-29)28(38)22-8-7-21(15-25(22)32)40-20-5-3-2-4-6-20/h2-8,15-17,19,35H,9-14,18H2,1H3,(H,33,34)/t19-,31-. The molecule has 8 nitrogen and oxygen atoms in total. The summed E-state index contributed by atoms with van der Waals surface area (Å²) in [6.07, 6.45) is 8.63. The number of aromatic amines is 2.